The highest BCUT2D eigenvalue weighted by molar-refractivity contribution is 6.34. The van der Waals surface area contributed by atoms with E-state index in [1.807, 2.05) is 60.7 Å². The van der Waals surface area contributed by atoms with E-state index in [1.54, 1.807) is 12.1 Å². The Labute approximate surface area is 174 Å². The number of benzene rings is 3. The lowest BCUT2D eigenvalue weighted by molar-refractivity contribution is -0.121. The highest BCUT2D eigenvalue weighted by atomic mass is 35.5. The van der Waals surface area contributed by atoms with Crippen molar-refractivity contribution in [1.29, 1.82) is 0 Å². The van der Waals surface area contributed by atoms with Crippen molar-refractivity contribution in [3.8, 4) is 0 Å². The fraction of sp³-hybridized carbons (Fsp3) is 0.130. The van der Waals surface area contributed by atoms with Crippen molar-refractivity contribution in [2.45, 2.75) is 6.10 Å². The number of halogens is 1. The molecule has 148 valence electrons. The molecule has 0 bridgehead atoms. The third-order valence-corrected chi connectivity index (χ3v) is 4.64. The number of carbonyl (C=O) groups is 2. The monoisotopic (exact) mass is 408 g/mol. The molecule has 3 aromatic carbocycles. The first-order chi connectivity index (χ1) is 14.1. The topological polar surface area (TPSA) is 67.4 Å². The summed E-state index contributed by atoms with van der Waals surface area (Å²) >= 11 is 6.05. The summed E-state index contributed by atoms with van der Waals surface area (Å²) in [6.45, 7) is -0.146. The minimum Gasteiger partial charge on any atom is -0.359 e. The molecule has 0 saturated heterocycles. The van der Waals surface area contributed by atoms with Gasteiger partial charge in [-0.15, -0.1) is 0 Å². The number of hydrogen-bond donors (Lipinski definition) is 2. The smallest absolute Gasteiger partial charge is 0.252 e. The van der Waals surface area contributed by atoms with Crippen molar-refractivity contribution < 1.29 is 14.3 Å². The molecule has 0 atom stereocenters. The van der Waals surface area contributed by atoms with Crippen molar-refractivity contribution in [2.24, 2.45) is 0 Å². The first kappa shape index (κ1) is 20.6. The molecule has 6 heteroatoms. The minimum absolute atomic E-state index is 0.146. The van der Waals surface area contributed by atoms with E-state index in [1.165, 1.54) is 13.1 Å². The van der Waals surface area contributed by atoms with Gasteiger partial charge in [-0.3, -0.25) is 9.59 Å². The number of rotatable bonds is 7. The lowest BCUT2D eigenvalue weighted by atomic mass is 10.0. The van der Waals surface area contributed by atoms with E-state index >= 15 is 0 Å². The fourth-order valence-electron chi connectivity index (χ4n) is 2.91. The lowest BCUT2D eigenvalue weighted by Gasteiger charge is -2.19. The van der Waals surface area contributed by atoms with E-state index in [-0.39, 0.29) is 24.5 Å². The second kappa shape index (κ2) is 9.87. The summed E-state index contributed by atoms with van der Waals surface area (Å²) in [5, 5.41) is 5.57. The van der Waals surface area contributed by atoms with Crippen LogP contribution in [0, 0.1) is 0 Å². The van der Waals surface area contributed by atoms with Gasteiger partial charge in [0.15, 0.2) is 0 Å². The number of carbonyl (C=O) groups excluding carboxylic acids is 2. The summed E-state index contributed by atoms with van der Waals surface area (Å²) < 4.78 is 5.95. The summed E-state index contributed by atoms with van der Waals surface area (Å²) in [5.74, 6) is -0.650. The third kappa shape index (κ3) is 5.44. The predicted octanol–water partition coefficient (Wildman–Crippen LogP) is 4.44. The summed E-state index contributed by atoms with van der Waals surface area (Å²) in [5.41, 5.74) is 2.68. The van der Waals surface area contributed by atoms with E-state index < -0.39 is 0 Å². The summed E-state index contributed by atoms with van der Waals surface area (Å²) in [6.07, 6.45) is -0.366. The molecule has 29 heavy (non-hydrogen) atoms. The molecule has 0 aliphatic heterocycles. The molecule has 0 spiro atoms. The zero-order chi connectivity index (χ0) is 20.6. The van der Waals surface area contributed by atoms with Gasteiger partial charge in [-0.25, -0.2) is 0 Å². The molecule has 0 fully saturated rings. The van der Waals surface area contributed by atoms with Crippen LogP contribution in [-0.2, 0) is 9.53 Å². The zero-order valence-electron chi connectivity index (χ0n) is 15.9. The largest absolute Gasteiger partial charge is 0.359 e. The number of anilines is 1. The molecular formula is C23H21ClN2O3. The van der Waals surface area contributed by atoms with Crippen LogP contribution in [-0.4, -0.2) is 25.5 Å². The summed E-state index contributed by atoms with van der Waals surface area (Å²) in [7, 11) is 1.52. The van der Waals surface area contributed by atoms with Crippen molar-refractivity contribution in [2.75, 3.05) is 19.0 Å². The predicted molar refractivity (Wildman–Crippen MR) is 114 cm³/mol. The third-order valence-electron chi connectivity index (χ3n) is 4.31. The van der Waals surface area contributed by atoms with Gasteiger partial charge in [0.1, 0.15) is 12.7 Å². The van der Waals surface area contributed by atoms with Crippen molar-refractivity contribution >= 4 is 29.1 Å². The molecular weight excluding hydrogens is 388 g/mol. The van der Waals surface area contributed by atoms with Gasteiger partial charge >= 0.3 is 0 Å². The molecule has 0 aliphatic carbocycles. The fourth-order valence-corrected chi connectivity index (χ4v) is 3.11. The molecule has 0 heterocycles. The molecule has 3 aromatic rings. The Morgan fingerprint density at radius 3 is 2.07 bits per heavy atom. The Kier molecular flexibility index (Phi) is 7.00. The van der Waals surface area contributed by atoms with Gasteiger partial charge < -0.3 is 15.4 Å². The van der Waals surface area contributed by atoms with Gasteiger partial charge in [0.25, 0.3) is 5.91 Å². The Hall–Kier alpha value is -3.15. The van der Waals surface area contributed by atoms with Gasteiger partial charge in [0, 0.05) is 12.7 Å². The van der Waals surface area contributed by atoms with E-state index in [0.717, 1.165) is 11.1 Å². The lowest BCUT2D eigenvalue weighted by Crippen LogP contribution is -2.22. The second-order valence-corrected chi connectivity index (χ2v) is 6.74. The van der Waals surface area contributed by atoms with Crippen LogP contribution in [0.2, 0.25) is 5.02 Å². The van der Waals surface area contributed by atoms with Gasteiger partial charge in [0.2, 0.25) is 5.91 Å². The Morgan fingerprint density at radius 2 is 1.52 bits per heavy atom. The SMILES string of the molecule is CNC(=O)c1cc(NC(=O)COC(c2ccccc2)c2ccccc2)ccc1Cl. The van der Waals surface area contributed by atoms with Crippen molar-refractivity contribution in [3.05, 3.63) is 101 Å². The van der Waals surface area contributed by atoms with E-state index in [2.05, 4.69) is 10.6 Å². The standard InChI is InChI=1S/C23H21ClN2O3/c1-25-23(28)19-14-18(12-13-20(19)24)26-21(27)15-29-22(16-8-4-2-5-9-16)17-10-6-3-7-11-17/h2-14,22H,15H2,1H3,(H,25,28)(H,26,27). The average Bonchev–Trinajstić information content (AvgIpc) is 2.76. The van der Waals surface area contributed by atoms with Crippen molar-refractivity contribution in [1.82, 2.24) is 5.32 Å². The molecule has 2 amide bonds. The molecule has 5 nitrogen and oxygen atoms in total. The molecule has 0 aromatic heterocycles. The second-order valence-electron chi connectivity index (χ2n) is 6.33. The summed E-state index contributed by atoms with van der Waals surface area (Å²) in [6, 6.07) is 24.2. The van der Waals surface area contributed by atoms with Crippen LogP contribution in [0.25, 0.3) is 0 Å². The molecule has 0 unspecified atom stereocenters. The number of amides is 2. The van der Waals surface area contributed by atoms with Crippen LogP contribution >= 0.6 is 11.6 Å². The first-order valence-electron chi connectivity index (χ1n) is 9.11. The van der Waals surface area contributed by atoms with Crippen molar-refractivity contribution in [3.63, 3.8) is 0 Å². The minimum atomic E-state index is -0.366. The highest BCUT2D eigenvalue weighted by Gasteiger charge is 2.17. The molecule has 0 radical (unpaired) electrons. The van der Waals surface area contributed by atoms with Crippen LogP contribution in [0.5, 0.6) is 0 Å². The number of nitrogens with one attached hydrogen (secondary N) is 2. The van der Waals surface area contributed by atoms with E-state index in [9.17, 15) is 9.59 Å². The molecule has 3 rings (SSSR count). The van der Waals surface area contributed by atoms with Gasteiger partial charge in [-0.1, -0.05) is 72.3 Å². The normalized spacial score (nSPS) is 10.6. The van der Waals surface area contributed by atoms with E-state index in [0.29, 0.717) is 16.3 Å². The maximum absolute atomic E-state index is 12.4. The Morgan fingerprint density at radius 1 is 0.931 bits per heavy atom. The number of hydrogen-bond acceptors (Lipinski definition) is 3. The highest BCUT2D eigenvalue weighted by Crippen LogP contribution is 2.26. The molecule has 0 saturated carbocycles. The van der Waals surface area contributed by atoms with Crippen LogP contribution in [0.15, 0.2) is 78.9 Å². The van der Waals surface area contributed by atoms with Crippen LogP contribution in [0.1, 0.15) is 27.6 Å². The van der Waals surface area contributed by atoms with Gasteiger partial charge in [-0.2, -0.15) is 0 Å². The zero-order valence-corrected chi connectivity index (χ0v) is 16.6. The maximum atomic E-state index is 12.4. The number of ether oxygens (including phenoxy) is 1. The summed E-state index contributed by atoms with van der Waals surface area (Å²) in [4.78, 5) is 24.3. The van der Waals surface area contributed by atoms with E-state index in [4.69, 9.17) is 16.3 Å². The Balaban J connectivity index is 1.70. The van der Waals surface area contributed by atoms with Crippen LogP contribution in [0.3, 0.4) is 0 Å². The maximum Gasteiger partial charge on any atom is 0.252 e. The molecule has 2 N–H and O–H groups in total. The van der Waals surface area contributed by atoms with Gasteiger partial charge in [0.05, 0.1) is 10.6 Å². The van der Waals surface area contributed by atoms with Crippen LogP contribution < -0.4 is 10.6 Å². The Bertz CT molecular complexity index is 938. The quantitative estimate of drug-likeness (QED) is 0.607. The average molecular weight is 409 g/mol. The van der Waals surface area contributed by atoms with Gasteiger partial charge in [-0.05, 0) is 29.3 Å². The first-order valence-corrected chi connectivity index (χ1v) is 9.49. The molecule has 0 aliphatic rings. The van der Waals surface area contributed by atoms with Crippen LogP contribution in [0.4, 0.5) is 5.69 Å².